The highest BCUT2D eigenvalue weighted by molar-refractivity contribution is 5.67. The summed E-state index contributed by atoms with van der Waals surface area (Å²) in [6, 6.07) is 0. The van der Waals surface area contributed by atoms with Gasteiger partial charge >= 0.3 is 5.97 Å². The summed E-state index contributed by atoms with van der Waals surface area (Å²) < 4.78 is 5.27. The molecule has 1 fully saturated rings. The molecule has 6 nitrogen and oxygen atoms in total. The summed E-state index contributed by atoms with van der Waals surface area (Å²) in [5.74, 6) is -0.885. The van der Waals surface area contributed by atoms with Gasteiger partial charge < -0.3 is 20.1 Å². The van der Waals surface area contributed by atoms with E-state index in [1.54, 1.807) is 0 Å². The second-order valence-corrected chi connectivity index (χ2v) is 3.69. The topological polar surface area (TPSA) is 90.2 Å². The van der Waals surface area contributed by atoms with Crippen LogP contribution in [0.4, 0.5) is 0 Å². The SMILES string of the molecule is O=C(O)CC1CN(CC(O)CO)CCO1. The molecule has 3 N–H and O–H groups in total. The van der Waals surface area contributed by atoms with Crippen LogP contribution in [0.5, 0.6) is 0 Å². The van der Waals surface area contributed by atoms with Crippen molar-refractivity contribution < 1.29 is 24.9 Å². The average molecular weight is 219 g/mol. The molecule has 0 aromatic rings. The first-order valence-electron chi connectivity index (χ1n) is 4.96. The molecular weight excluding hydrogens is 202 g/mol. The highest BCUT2D eigenvalue weighted by atomic mass is 16.5. The molecule has 1 rings (SSSR count). The molecule has 0 aromatic heterocycles. The van der Waals surface area contributed by atoms with Gasteiger partial charge in [0, 0.05) is 19.6 Å². The number of carbonyl (C=O) groups is 1. The van der Waals surface area contributed by atoms with E-state index in [0.717, 1.165) is 0 Å². The molecule has 1 aliphatic heterocycles. The van der Waals surface area contributed by atoms with Crippen LogP contribution in [0.3, 0.4) is 0 Å². The molecule has 1 saturated heterocycles. The van der Waals surface area contributed by atoms with Gasteiger partial charge in [0.05, 0.1) is 31.8 Å². The van der Waals surface area contributed by atoms with Gasteiger partial charge in [-0.3, -0.25) is 9.69 Å². The third-order valence-corrected chi connectivity index (χ3v) is 2.30. The van der Waals surface area contributed by atoms with E-state index in [1.165, 1.54) is 0 Å². The molecule has 2 atom stereocenters. The fourth-order valence-electron chi connectivity index (χ4n) is 1.62. The van der Waals surface area contributed by atoms with Gasteiger partial charge in [0.25, 0.3) is 0 Å². The summed E-state index contributed by atoms with van der Waals surface area (Å²) in [4.78, 5) is 12.4. The van der Waals surface area contributed by atoms with Crippen LogP contribution in [-0.2, 0) is 9.53 Å². The van der Waals surface area contributed by atoms with Crippen molar-refractivity contribution in [3.05, 3.63) is 0 Å². The fraction of sp³-hybridized carbons (Fsp3) is 0.889. The lowest BCUT2D eigenvalue weighted by molar-refractivity contribution is -0.142. The third kappa shape index (κ3) is 4.57. The van der Waals surface area contributed by atoms with E-state index in [9.17, 15) is 9.90 Å². The Morgan fingerprint density at radius 2 is 2.33 bits per heavy atom. The Kier molecular flexibility index (Phi) is 4.97. The number of nitrogens with zero attached hydrogens (tertiary/aromatic N) is 1. The molecule has 0 bridgehead atoms. The van der Waals surface area contributed by atoms with Crippen molar-refractivity contribution in [1.82, 2.24) is 4.90 Å². The first-order chi connectivity index (χ1) is 7.11. The van der Waals surface area contributed by atoms with Gasteiger partial charge in [0.15, 0.2) is 0 Å². The minimum atomic E-state index is -0.885. The molecule has 1 heterocycles. The van der Waals surface area contributed by atoms with Crippen molar-refractivity contribution >= 4 is 5.97 Å². The number of aliphatic carboxylic acids is 1. The Labute approximate surface area is 88.1 Å². The summed E-state index contributed by atoms with van der Waals surface area (Å²) >= 11 is 0. The quantitative estimate of drug-likeness (QED) is 0.522. The average Bonchev–Trinajstić information content (AvgIpc) is 2.17. The van der Waals surface area contributed by atoms with Crippen molar-refractivity contribution in [3.8, 4) is 0 Å². The van der Waals surface area contributed by atoms with E-state index in [-0.39, 0.29) is 19.1 Å². The number of hydrogen-bond acceptors (Lipinski definition) is 5. The smallest absolute Gasteiger partial charge is 0.306 e. The van der Waals surface area contributed by atoms with Crippen LogP contribution in [0, 0.1) is 0 Å². The monoisotopic (exact) mass is 219 g/mol. The van der Waals surface area contributed by atoms with Crippen molar-refractivity contribution in [3.63, 3.8) is 0 Å². The van der Waals surface area contributed by atoms with E-state index in [4.69, 9.17) is 14.9 Å². The van der Waals surface area contributed by atoms with Gasteiger partial charge in [-0.2, -0.15) is 0 Å². The highest BCUT2D eigenvalue weighted by Gasteiger charge is 2.23. The molecule has 0 saturated carbocycles. The largest absolute Gasteiger partial charge is 0.481 e. The number of morpholine rings is 1. The number of carboxylic acid groups (broad SMARTS) is 1. The number of aliphatic hydroxyl groups excluding tert-OH is 2. The predicted molar refractivity (Wildman–Crippen MR) is 51.5 cm³/mol. The predicted octanol–water partition coefficient (Wildman–Crippen LogP) is -1.48. The van der Waals surface area contributed by atoms with Crippen LogP contribution in [-0.4, -0.2) is 71.2 Å². The standard InChI is InChI=1S/C9H17NO5/c11-6-7(12)4-10-1-2-15-8(5-10)3-9(13)14/h7-8,11-12H,1-6H2,(H,13,14). The van der Waals surface area contributed by atoms with E-state index in [1.807, 2.05) is 4.90 Å². The second kappa shape index (κ2) is 6.02. The van der Waals surface area contributed by atoms with E-state index < -0.39 is 12.1 Å². The number of rotatable bonds is 5. The fourth-order valence-corrected chi connectivity index (χ4v) is 1.62. The summed E-state index contributed by atoms with van der Waals surface area (Å²) in [7, 11) is 0. The molecule has 1 aliphatic rings. The molecule has 0 spiro atoms. The van der Waals surface area contributed by atoms with Gasteiger partial charge in [-0.1, -0.05) is 0 Å². The van der Waals surface area contributed by atoms with E-state index >= 15 is 0 Å². The van der Waals surface area contributed by atoms with E-state index in [0.29, 0.717) is 26.2 Å². The molecule has 0 aliphatic carbocycles. The highest BCUT2D eigenvalue weighted by Crippen LogP contribution is 2.09. The molecule has 0 aromatic carbocycles. The summed E-state index contributed by atoms with van der Waals surface area (Å²) in [5.41, 5.74) is 0. The van der Waals surface area contributed by atoms with Crippen LogP contribution in [0.1, 0.15) is 6.42 Å². The number of hydrogen-bond donors (Lipinski definition) is 3. The normalized spacial score (nSPS) is 25.1. The number of ether oxygens (including phenoxy) is 1. The van der Waals surface area contributed by atoms with Gasteiger partial charge in [-0.05, 0) is 0 Å². The van der Waals surface area contributed by atoms with Crippen molar-refractivity contribution in [2.24, 2.45) is 0 Å². The number of aliphatic hydroxyl groups is 2. The summed E-state index contributed by atoms with van der Waals surface area (Å²) in [5, 5.41) is 26.5. The Balaban J connectivity index is 2.31. The first kappa shape index (κ1) is 12.4. The summed E-state index contributed by atoms with van der Waals surface area (Å²) in [6.45, 7) is 1.70. The molecule has 15 heavy (non-hydrogen) atoms. The Bertz CT molecular complexity index is 211. The minimum Gasteiger partial charge on any atom is -0.481 e. The Morgan fingerprint density at radius 1 is 1.60 bits per heavy atom. The van der Waals surface area contributed by atoms with Crippen molar-refractivity contribution in [2.45, 2.75) is 18.6 Å². The van der Waals surface area contributed by atoms with Crippen molar-refractivity contribution in [1.29, 1.82) is 0 Å². The zero-order valence-electron chi connectivity index (χ0n) is 8.50. The Hall–Kier alpha value is -0.690. The molecule has 2 unspecified atom stereocenters. The molecule has 88 valence electrons. The van der Waals surface area contributed by atoms with Crippen LogP contribution in [0.25, 0.3) is 0 Å². The van der Waals surface area contributed by atoms with Gasteiger partial charge in [-0.25, -0.2) is 0 Å². The molecular formula is C9H17NO5. The maximum Gasteiger partial charge on any atom is 0.306 e. The maximum atomic E-state index is 10.5. The zero-order valence-corrected chi connectivity index (χ0v) is 8.50. The lowest BCUT2D eigenvalue weighted by atomic mass is 10.2. The lowest BCUT2D eigenvalue weighted by Crippen LogP contribution is -2.46. The zero-order chi connectivity index (χ0) is 11.3. The summed E-state index contributed by atoms with van der Waals surface area (Å²) in [6.07, 6.45) is -1.11. The second-order valence-electron chi connectivity index (χ2n) is 3.69. The van der Waals surface area contributed by atoms with Crippen LogP contribution >= 0.6 is 0 Å². The van der Waals surface area contributed by atoms with E-state index in [2.05, 4.69) is 0 Å². The van der Waals surface area contributed by atoms with Crippen LogP contribution < -0.4 is 0 Å². The first-order valence-corrected chi connectivity index (χ1v) is 4.96. The Morgan fingerprint density at radius 3 is 2.93 bits per heavy atom. The molecule has 6 heteroatoms. The molecule has 0 amide bonds. The maximum absolute atomic E-state index is 10.5. The van der Waals surface area contributed by atoms with Crippen molar-refractivity contribution in [2.75, 3.05) is 32.8 Å². The van der Waals surface area contributed by atoms with Gasteiger partial charge in [-0.15, -0.1) is 0 Å². The van der Waals surface area contributed by atoms with Crippen LogP contribution in [0.2, 0.25) is 0 Å². The number of carboxylic acids is 1. The van der Waals surface area contributed by atoms with Crippen LogP contribution in [0.15, 0.2) is 0 Å². The third-order valence-electron chi connectivity index (χ3n) is 2.30. The minimum absolute atomic E-state index is 0.0221. The number of β-amino-alcohol motifs (C(OH)–C–C–N with tert-alkyl or cyclic N) is 1. The van der Waals surface area contributed by atoms with Gasteiger partial charge in [0.2, 0.25) is 0 Å². The van der Waals surface area contributed by atoms with Gasteiger partial charge in [0.1, 0.15) is 0 Å². The molecule has 0 radical (unpaired) electrons. The lowest BCUT2D eigenvalue weighted by Gasteiger charge is -2.33.